The van der Waals surface area contributed by atoms with E-state index in [1.165, 1.54) is 29.3 Å². The first kappa shape index (κ1) is 18.3. The third kappa shape index (κ3) is 4.39. The molecule has 0 aromatic heterocycles. The Kier molecular flexibility index (Phi) is 5.74. The van der Waals surface area contributed by atoms with Crippen molar-refractivity contribution in [2.24, 2.45) is 5.92 Å². The lowest BCUT2D eigenvalue weighted by Gasteiger charge is -2.23. The van der Waals surface area contributed by atoms with Crippen LogP contribution in [-0.2, 0) is 14.8 Å². The molecule has 1 aliphatic heterocycles. The molecule has 0 bridgehead atoms. The molecule has 3 rings (SSSR count). The van der Waals surface area contributed by atoms with Gasteiger partial charge in [0.2, 0.25) is 15.9 Å². The molecule has 7 heteroatoms. The van der Waals surface area contributed by atoms with Crippen LogP contribution >= 0.6 is 0 Å². The molecule has 1 amide bonds. The van der Waals surface area contributed by atoms with Gasteiger partial charge in [0.1, 0.15) is 5.82 Å². The van der Waals surface area contributed by atoms with Crippen LogP contribution in [0.2, 0.25) is 0 Å². The number of hydrogen-bond donors (Lipinski definition) is 0. The molecule has 0 N–H and O–H groups in total. The number of sulfonamides is 1. The summed E-state index contributed by atoms with van der Waals surface area (Å²) in [6, 6.07) is 4.89. The maximum absolute atomic E-state index is 13.0. The maximum atomic E-state index is 13.0. The normalized spacial score (nSPS) is 20.6. The third-order valence-electron chi connectivity index (χ3n) is 5.20. The Balaban J connectivity index is 1.62. The lowest BCUT2D eigenvalue weighted by Crippen LogP contribution is -2.37. The Morgan fingerprint density at radius 1 is 1.00 bits per heavy atom. The average Bonchev–Trinajstić information content (AvgIpc) is 2.95. The van der Waals surface area contributed by atoms with Gasteiger partial charge in [0.05, 0.1) is 4.90 Å². The molecule has 0 atom stereocenters. The van der Waals surface area contributed by atoms with Crippen LogP contribution in [0.25, 0.3) is 0 Å². The van der Waals surface area contributed by atoms with Gasteiger partial charge in [0.15, 0.2) is 0 Å². The van der Waals surface area contributed by atoms with Gasteiger partial charge in [-0.3, -0.25) is 4.79 Å². The van der Waals surface area contributed by atoms with Crippen molar-refractivity contribution in [1.82, 2.24) is 9.21 Å². The Labute approximate surface area is 148 Å². The molecule has 25 heavy (non-hydrogen) atoms. The van der Waals surface area contributed by atoms with Crippen molar-refractivity contribution in [1.29, 1.82) is 0 Å². The second kappa shape index (κ2) is 7.83. The van der Waals surface area contributed by atoms with E-state index >= 15 is 0 Å². The molecule has 5 nitrogen and oxygen atoms in total. The van der Waals surface area contributed by atoms with Crippen LogP contribution in [0.3, 0.4) is 0 Å². The van der Waals surface area contributed by atoms with Gasteiger partial charge in [-0.15, -0.1) is 0 Å². The van der Waals surface area contributed by atoms with Crippen LogP contribution in [0.1, 0.15) is 38.5 Å². The minimum atomic E-state index is -3.64. The molecule has 1 aliphatic carbocycles. The van der Waals surface area contributed by atoms with E-state index in [1.54, 1.807) is 4.90 Å². The standard InChI is InChI=1S/C18H25FN2O3S/c19-16-6-8-17(9-7-16)25(23,24)21-11-3-10-20(12-13-21)18(22)14-15-4-1-2-5-15/h6-9,15H,1-5,10-14H2. The topological polar surface area (TPSA) is 57.7 Å². The van der Waals surface area contributed by atoms with E-state index in [0.717, 1.165) is 25.0 Å². The van der Waals surface area contributed by atoms with E-state index in [1.807, 2.05) is 0 Å². The summed E-state index contributed by atoms with van der Waals surface area (Å²) in [5, 5.41) is 0. The van der Waals surface area contributed by atoms with Crippen molar-refractivity contribution in [3.05, 3.63) is 30.1 Å². The molecule has 138 valence electrons. The van der Waals surface area contributed by atoms with Crippen molar-refractivity contribution in [3.8, 4) is 0 Å². The number of hydrogen-bond acceptors (Lipinski definition) is 3. The van der Waals surface area contributed by atoms with Crippen LogP contribution in [-0.4, -0.2) is 49.7 Å². The quantitative estimate of drug-likeness (QED) is 0.821. The zero-order valence-corrected chi connectivity index (χ0v) is 15.2. The first-order chi connectivity index (χ1) is 12.0. The molecule has 0 unspecified atom stereocenters. The molecule has 2 fully saturated rings. The SMILES string of the molecule is O=C(CC1CCCC1)N1CCCN(S(=O)(=O)c2ccc(F)cc2)CC1. The van der Waals surface area contributed by atoms with Gasteiger partial charge >= 0.3 is 0 Å². The Morgan fingerprint density at radius 2 is 1.68 bits per heavy atom. The van der Waals surface area contributed by atoms with E-state index in [-0.39, 0.29) is 17.3 Å². The Morgan fingerprint density at radius 3 is 2.36 bits per heavy atom. The molecule has 1 aromatic rings. The highest BCUT2D eigenvalue weighted by Gasteiger charge is 2.29. The average molecular weight is 368 g/mol. The summed E-state index contributed by atoms with van der Waals surface area (Å²) in [6.07, 6.45) is 5.89. The molecule has 0 spiro atoms. The van der Waals surface area contributed by atoms with E-state index in [9.17, 15) is 17.6 Å². The highest BCUT2D eigenvalue weighted by Crippen LogP contribution is 2.28. The largest absolute Gasteiger partial charge is 0.341 e. The van der Waals surface area contributed by atoms with E-state index in [2.05, 4.69) is 0 Å². The first-order valence-electron chi connectivity index (χ1n) is 9.00. The lowest BCUT2D eigenvalue weighted by atomic mass is 10.0. The maximum Gasteiger partial charge on any atom is 0.243 e. The summed E-state index contributed by atoms with van der Waals surface area (Å²) in [7, 11) is -3.64. The molecule has 2 aliphatic rings. The van der Waals surface area contributed by atoms with Crippen LogP contribution in [0, 0.1) is 11.7 Å². The zero-order chi connectivity index (χ0) is 17.9. The van der Waals surface area contributed by atoms with Gasteiger partial charge in [-0.05, 0) is 49.4 Å². The van der Waals surface area contributed by atoms with Crippen LogP contribution in [0.5, 0.6) is 0 Å². The summed E-state index contributed by atoms with van der Waals surface area (Å²) in [6.45, 7) is 1.69. The predicted octanol–water partition coefficient (Wildman–Crippen LogP) is 2.63. The van der Waals surface area contributed by atoms with Crippen molar-refractivity contribution in [2.75, 3.05) is 26.2 Å². The molecule has 1 heterocycles. The van der Waals surface area contributed by atoms with Crippen molar-refractivity contribution >= 4 is 15.9 Å². The van der Waals surface area contributed by atoms with E-state index < -0.39 is 15.8 Å². The molecule has 1 aromatic carbocycles. The van der Waals surface area contributed by atoms with Gasteiger partial charge in [-0.25, -0.2) is 12.8 Å². The fraction of sp³-hybridized carbons (Fsp3) is 0.611. The number of rotatable bonds is 4. The summed E-state index contributed by atoms with van der Waals surface area (Å²) >= 11 is 0. The second-order valence-corrected chi connectivity index (χ2v) is 8.88. The Hall–Kier alpha value is -1.47. The number of benzene rings is 1. The van der Waals surface area contributed by atoms with Crippen LogP contribution in [0.4, 0.5) is 4.39 Å². The van der Waals surface area contributed by atoms with Gasteiger partial charge in [0, 0.05) is 32.6 Å². The molecular formula is C18H25FN2O3S. The predicted molar refractivity (Wildman–Crippen MR) is 92.9 cm³/mol. The minimum absolute atomic E-state index is 0.0969. The van der Waals surface area contributed by atoms with Gasteiger partial charge < -0.3 is 4.90 Å². The van der Waals surface area contributed by atoms with Crippen molar-refractivity contribution in [2.45, 2.75) is 43.4 Å². The second-order valence-electron chi connectivity index (χ2n) is 6.95. The fourth-order valence-corrected chi connectivity index (χ4v) is 5.20. The number of halogens is 1. The number of nitrogens with zero attached hydrogens (tertiary/aromatic N) is 2. The van der Waals surface area contributed by atoms with Crippen molar-refractivity contribution in [3.63, 3.8) is 0 Å². The summed E-state index contributed by atoms with van der Waals surface area (Å²) < 4.78 is 39.9. The lowest BCUT2D eigenvalue weighted by molar-refractivity contribution is -0.132. The van der Waals surface area contributed by atoms with Crippen molar-refractivity contribution < 1.29 is 17.6 Å². The minimum Gasteiger partial charge on any atom is -0.341 e. The molecular weight excluding hydrogens is 343 g/mol. The number of amides is 1. The van der Waals surface area contributed by atoms with E-state index in [0.29, 0.717) is 38.4 Å². The number of carbonyl (C=O) groups is 1. The number of carbonyl (C=O) groups excluding carboxylic acids is 1. The summed E-state index contributed by atoms with van der Waals surface area (Å²) in [5.74, 6) is 0.182. The Bertz CT molecular complexity index is 700. The monoisotopic (exact) mass is 368 g/mol. The zero-order valence-electron chi connectivity index (χ0n) is 14.4. The smallest absolute Gasteiger partial charge is 0.243 e. The molecule has 0 radical (unpaired) electrons. The third-order valence-corrected chi connectivity index (χ3v) is 7.11. The summed E-state index contributed by atoms with van der Waals surface area (Å²) in [5.41, 5.74) is 0. The van der Waals surface area contributed by atoms with Gasteiger partial charge in [-0.2, -0.15) is 4.31 Å². The highest BCUT2D eigenvalue weighted by atomic mass is 32.2. The molecule has 1 saturated heterocycles. The van der Waals surface area contributed by atoms with Gasteiger partial charge in [-0.1, -0.05) is 12.8 Å². The van der Waals surface area contributed by atoms with Crippen LogP contribution in [0.15, 0.2) is 29.2 Å². The molecule has 1 saturated carbocycles. The van der Waals surface area contributed by atoms with Gasteiger partial charge in [0.25, 0.3) is 0 Å². The van der Waals surface area contributed by atoms with E-state index in [4.69, 9.17) is 0 Å². The summed E-state index contributed by atoms with van der Waals surface area (Å²) in [4.78, 5) is 14.4. The van der Waals surface area contributed by atoms with Crippen LogP contribution < -0.4 is 0 Å². The first-order valence-corrected chi connectivity index (χ1v) is 10.4. The highest BCUT2D eigenvalue weighted by molar-refractivity contribution is 7.89. The fourth-order valence-electron chi connectivity index (χ4n) is 3.73.